The van der Waals surface area contributed by atoms with E-state index >= 15 is 0 Å². The SMILES string of the molecule is CC1(C)OCCn2c1nc1c(C3CC4CC3C4)nc(-c3cncc(C(F)(F)F)c3)nc12. The molecule has 31 heavy (non-hydrogen) atoms. The number of pyridine rings is 1. The fraction of sp³-hybridized carbons (Fsp3) is 0.545. The monoisotopic (exact) mass is 429 g/mol. The lowest BCUT2D eigenvalue weighted by molar-refractivity contribution is -0.137. The Hall–Kier alpha value is -2.55. The molecule has 6 nitrogen and oxygen atoms in total. The highest BCUT2D eigenvalue weighted by atomic mass is 19.4. The minimum absolute atomic E-state index is 0.269. The van der Waals surface area contributed by atoms with E-state index in [1.54, 1.807) is 0 Å². The Morgan fingerprint density at radius 2 is 1.90 bits per heavy atom. The van der Waals surface area contributed by atoms with Gasteiger partial charge in [-0.1, -0.05) is 0 Å². The van der Waals surface area contributed by atoms with Crippen LogP contribution in [0.1, 0.15) is 56.1 Å². The molecule has 0 saturated heterocycles. The van der Waals surface area contributed by atoms with Crippen molar-refractivity contribution in [1.29, 1.82) is 0 Å². The van der Waals surface area contributed by atoms with E-state index < -0.39 is 17.3 Å². The fourth-order valence-electron chi connectivity index (χ4n) is 5.45. The minimum Gasteiger partial charge on any atom is -0.366 e. The lowest BCUT2D eigenvalue weighted by atomic mass is 9.82. The minimum atomic E-state index is -4.47. The van der Waals surface area contributed by atoms with E-state index in [2.05, 4.69) is 4.98 Å². The summed E-state index contributed by atoms with van der Waals surface area (Å²) in [4.78, 5) is 18.2. The predicted molar refractivity (Wildman–Crippen MR) is 106 cm³/mol. The Balaban J connectivity index is 1.58. The Morgan fingerprint density at radius 1 is 1.10 bits per heavy atom. The molecular formula is C22H22F3N5O. The van der Waals surface area contributed by atoms with Crippen molar-refractivity contribution >= 4 is 11.2 Å². The maximum Gasteiger partial charge on any atom is 0.417 e. The number of aromatic nitrogens is 5. The molecule has 3 aliphatic carbocycles. The smallest absolute Gasteiger partial charge is 0.366 e. The summed E-state index contributed by atoms with van der Waals surface area (Å²) in [6.45, 7) is 5.07. The van der Waals surface area contributed by atoms with Crippen LogP contribution in [0, 0.1) is 11.8 Å². The highest BCUT2D eigenvalue weighted by Gasteiger charge is 2.47. The van der Waals surface area contributed by atoms with Gasteiger partial charge < -0.3 is 9.30 Å². The number of imidazole rings is 1. The number of nitrogens with zero attached hydrogens (tertiary/aromatic N) is 5. The van der Waals surface area contributed by atoms with E-state index in [0.29, 0.717) is 24.7 Å². The van der Waals surface area contributed by atoms with Crippen molar-refractivity contribution in [2.45, 2.75) is 57.3 Å². The van der Waals surface area contributed by atoms with Crippen molar-refractivity contribution in [2.75, 3.05) is 6.61 Å². The molecule has 0 radical (unpaired) electrons. The van der Waals surface area contributed by atoms with Crippen molar-refractivity contribution < 1.29 is 17.9 Å². The molecule has 3 fully saturated rings. The largest absolute Gasteiger partial charge is 0.417 e. The zero-order valence-corrected chi connectivity index (χ0v) is 17.3. The number of rotatable bonds is 2. The van der Waals surface area contributed by atoms with E-state index in [-0.39, 0.29) is 17.3 Å². The molecule has 1 aliphatic heterocycles. The molecule has 3 saturated carbocycles. The van der Waals surface area contributed by atoms with Crippen LogP contribution >= 0.6 is 0 Å². The van der Waals surface area contributed by atoms with Gasteiger partial charge in [-0.2, -0.15) is 13.2 Å². The first kappa shape index (κ1) is 19.2. The lowest BCUT2D eigenvalue weighted by Gasteiger charge is -2.30. The summed E-state index contributed by atoms with van der Waals surface area (Å²) in [5.74, 6) is 2.62. The van der Waals surface area contributed by atoms with Crippen LogP contribution < -0.4 is 0 Å². The van der Waals surface area contributed by atoms with Crippen LogP contribution in [-0.4, -0.2) is 31.1 Å². The molecule has 3 aromatic rings. The summed E-state index contributed by atoms with van der Waals surface area (Å²) in [5.41, 5.74) is 1.20. The van der Waals surface area contributed by atoms with Gasteiger partial charge in [-0.05, 0) is 51.0 Å². The molecular weight excluding hydrogens is 407 g/mol. The molecule has 0 aromatic carbocycles. The van der Waals surface area contributed by atoms with Crippen LogP contribution in [0.5, 0.6) is 0 Å². The summed E-state index contributed by atoms with van der Waals surface area (Å²) in [6.07, 6.45) is 1.20. The third-order valence-electron chi connectivity index (χ3n) is 7.04. The molecule has 3 aromatic heterocycles. The van der Waals surface area contributed by atoms with Crippen molar-refractivity contribution in [1.82, 2.24) is 24.5 Å². The summed E-state index contributed by atoms with van der Waals surface area (Å²) >= 11 is 0. The Labute approximate surface area is 176 Å². The first-order chi connectivity index (χ1) is 14.7. The molecule has 7 rings (SSSR count). The van der Waals surface area contributed by atoms with Gasteiger partial charge in [-0.25, -0.2) is 15.0 Å². The van der Waals surface area contributed by atoms with E-state index in [9.17, 15) is 13.2 Å². The summed E-state index contributed by atoms with van der Waals surface area (Å²) in [6, 6.07) is 1.08. The predicted octanol–water partition coefficient (Wildman–Crippen LogP) is 4.69. The quantitative estimate of drug-likeness (QED) is 0.592. The third kappa shape index (κ3) is 2.89. The zero-order chi connectivity index (χ0) is 21.5. The number of hydrogen-bond donors (Lipinski definition) is 0. The molecule has 1 unspecified atom stereocenters. The van der Waals surface area contributed by atoms with Gasteiger partial charge in [0, 0.05) is 30.4 Å². The molecule has 4 heterocycles. The second-order valence-electron chi connectivity index (χ2n) is 9.45. The van der Waals surface area contributed by atoms with Gasteiger partial charge >= 0.3 is 6.18 Å². The van der Waals surface area contributed by atoms with Gasteiger partial charge in [0.2, 0.25) is 0 Å². The maximum absolute atomic E-state index is 13.3. The maximum atomic E-state index is 13.3. The van der Waals surface area contributed by atoms with Gasteiger partial charge in [0.15, 0.2) is 11.5 Å². The van der Waals surface area contributed by atoms with Crippen LogP contribution in [0.3, 0.4) is 0 Å². The van der Waals surface area contributed by atoms with Crippen molar-refractivity contribution in [2.24, 2.45) is 11.8 Å². The number of ether oxygens (including phenoxy) is 1. The van der Waals surface area contributed by atoms with Crippen LogP contribution in [0.4, 0.5) is 13.2 Å². The van der Waals surface area contributed by atoms with Gasteiger partial charge in [0.1, 0.15) is 16.9 Å². The fourth-order valence-corrected chi connectivity index (χ4v) is 5.45. The van der Waals surface area contributed by atoms with Crippen LogP contribution in [-0.2, 0) is 23.1 Å². The molecule has 4 aliphatic rings. The van der Waals surface area contributed by atoms with Gasteiger partial charge in [0.05, 0.1) is 17.9 Å². The Kier molecular flexibility index (Phi) is 3.86. The average molecular weight is 429 g/mol. The normalized spacial score (nSPS) is 26.7. The number of fused-ring (bicyclic) bond motifs is 4. The van der Waals surface area contributed by atoms with E-state index in [4.69, 9.17) is 19.7 Å². The molecule has 0 amide bonds. The zero-order valence-electron chi connectivity index (χ0n) is 17.3. The highest BCUT2D eigenvalue weighted by Crippen LogP contribution is 2.57. The van der Waals surface area contributed by atoms with E-state index in [0.717, 1.165) is 41.6 Å². The topological polar surface area (TPSA) is 65.7 Å². The second-order valence-corrected chi connectivity index (χ2v) is 9.45. The third-order valence-corrected chi connectivity index (χ3v) is 7.04. The summed E-state index contributed by atoms with van der Waals surface area (Å²) < 4.78 is 47.8. The van der Waals surface area contributed by atoms with Gasteiger partial charge in [-0.15, -0.1) is 0 Å². The summed E-state index contributed by atoms with van der Waals surface area (Å²) in [7, 11) is 0. The Morgan fingerprint density at radius 3 is 2.61 bits per heavy atom. The van der Waals surface area contributed by atoms with Gasteiger partial charge in [-0.3, -0.25) is 4.98 Å². The van der Waals surface area contributed by atoms with Crippen molar-refractivity contribution in [3.63, 3.8) is 0 Å². The van der Waals surface area contributed by atoms with Crippen molar-refractivity contribution in [3.8, 4) is 11.4 Å². The first-order valence-corrected chi connectivity index (χ1v) is 10.7. The molecule has 1 atom stereocenters. The molecule has 2 bridgehead atoms. The molecule has 0 spiro atoms. The number of halogens is 3. The molecule has 9 heteroatoms. The van der Waals surface area contributed by atoms with Crippen LogP contribution in [0.25, 0.3) is 22.6 Å². The summed E-state index contributed by atoms with van der Waals surface area (Å²) in [5, 5.41) is 0. The van der Waals surface area contributed by atoms with Crippen LogP contribution in [0.2, 0.25) is 0 Å². The first-order valence-electron chi connectivity index (χ1n) is 10.7. The van der Waals surface area contributed by atoms with Crippen molar-refractivity contribution in [3.05, 3.63) is 35.5 Å². The van der Waals surface area contributed by atoms with E-state index in [1.165, 1.54) is 19.0 Å². The second kappa shape index (κ2) is 6.25. The number of hydrogen-bond acceptors (Lipinski definition) is 5. The molecule has 0 N–H and O–H groups in total. The molecule has 162 valence electrons. The average Bonchev–Trinajstić information content (AvgIpc) is 3.39. The van der Waals surface area contributed by atoms with Gasteiger partial charge in [0.25, 0.3) is 0 Å². The van der Waals surface area contributed by atoms with Crippen LogP contribution in [0.15, 0.2) is 18.5 Å². The van der Waals surface area contributed by atoms with E-state index in [1.807, 2.05) is 18.4 Å². The number of alkyl halides is 3. The standard InChI is InChI=1S/C22H22F3N5O/c1-21(2)20-28-17-16(15-7-11-5-12(15)6-11)27-18(29-19(17)30(20)3-4-31-21)13-8-14(10-26-9-13)22(23,24)25/h8-12,15H,3-7H2,1-2H3. The highest BCUT2D eigenvalue weighted by molar-refractivity contribution is 5.78. The lowest BCUT2D eigenvalue weighted by Crippen LogP contribution is -2.33. The Bertz CT molecular complexity index is 1200.